The van der Waals surface area contributed by atoms with Crippen LogP contribution < -0.4 is 5.32 Å². The third-order valence-corrected chi connectivity index (χ3v) is 7.87. The van der Waals surface area contributed by atoms with Gasteiger partial charge in [-0.3, -0.25) is 9.59 Å². The van der Waals surface area contributed by atoms with Gasteiger partial charge in [0.15, 0.2) is 0 Å². The van der Waals surface area contributed by atoms with E-state index in [9.17, 15) is 18.0 Å². The molecule has 1 aliphatic rings. The Kier molecular flexibility index (Phi) is 7.59. The first-order valence-electron chi connectivity index (χ1n) is 11.2. The Bertz CT molecular complexity index is 1080. The van der Waals surface area contributed by atoms with E-state index in [1.54, 1.807) is 30.0 Å². The van der Waals surface area contributed by atoms with E-state index >= 15 is 0 Å². The summed E-state index contributed by atoms with van der Waals surface area (Å²) in [5, 5.41) is 2.92. The van der Waals surface area contributed by atoms with Gasteiger partial charge in [-0.15, -0.1) is 0 Å². The van der Waals surface area contributed by atoms with E-state index in [4.69, 9.17) is 0 Å². The number of sulfonamides is 1. The minimum Gasteiger partial charge on any atom is -0.350 e. The molecule has 2 amide bonds. The molecule has 7 nitrogen and oxygen atoms in total. The van der Waals surface area contributed by atoms with Crippen LogP contribution in [0, 0.1) is 12.8 Å². The molecule has 0 saturated carbocycles. The van der Waals surface area contributed by atoms with Crippen LogP contribution in [0.25, 0.3) is 0 Å². The van der Waals surface area contributed by atoms with Crippen LogP contribution in [-0.2, 0) is 26.2 Å². The highest BCUT2D eigenvalue weighted by molar-refractivity contribution is 7.89. The third-order valence-electron chi connectivity index (χ3n) is 6.07. The van der Waals surface area contributed by atoms with Gasteiger partial charge in [0.2, 0.25) is 21.8 Å². The molecule has 1 heterocycles. The molecule has 2 aromatic carbocycles. The molecule has 1 atom stereocenters. The van der Waals surface area contributed by atoms with Crippen molar-refractivity contribution in [3.05, 3.63) is 65.7 Å². The highest BCUT2D eigenvalue weighted by Crippen LogP contribution is 2.28. The van der Waals surface area contributed by atoms with E-state index < -0.39 is 15.6 Å². The number of nitrogens with zero attached hydrogens (tertiary/aromatic N) is 2. The predicted molar refractivity (Wildman–Crippen MR) is 128 cm³/mol. The molecule has 178 valence electrons. The lowest BCUT2D eigenvalue weighted by molar-refractivity contribution is -0.153. The highest BCUT2D eigenvalue weighted by Gasteiger charge is 2.50. The summed E-state index contributed by atoms with van der Waals surface area (Å²) in [6.07, 6.45) is 0.720. The quantitative estimate of drug-likeness (QED) is 0.641. The highest BCUT2D eigenvalue weighted by atomic mass is 32.2. The Morgan fingerprint density at radius 3 is 2.33 bits per heavy atom. The maximum absolute atomic E-state index is 13.4. The summed E-state index contributed by atoms with van der Waals surface area (Å²) in [6.45, 7) is 8.05. The number of hydrogen-bond acceptors (Lipinski definition) is 4. The van der Waals surface area contributed by atoms with Crippen molar-refractivity contribution in [3.8, 4) is 0 Å². The second kappa shape index (κ2) is 10.1. The van der Waals surface area contributed by atoms with Gasteiger partial charge in [-0.05, 0) is 43.9 Å². The molecular weight excluding hydrogens is 438 g/mol. The minimum atomic E-state index is -3.92. The second-order valence-corrected chi connectivity index (χ2v) is 11.2. The Balaban J connectivity index is 1.88. The summed E-state index contributed by atoms with van der Waals surface area (Å²) in [6, 6.07) is 15.8. The first-order chi connectivity index (χ1) is 15.5. The van der Waals surface area contributed by atoms with Gasteiger partial charge in [0.25, 0.3) is 0 Å². The second-order valence-electron chi connectivity index (χ2n) is 9.26. The molecule has 1 aliphatic heterocycles. The summed E-state index contributed by atoms with van der Waals surface area (Å²) in [4.78, 5) is 28.3. The van der Waals surface area contributed by atoms with Crippen LogP contribution in [0.1, 0.15) is 38.3 Å². The van der Waals surface area contributed by atoms with Crippen molar-refractivity contribution in [2.24, 2.45) is 5.92 Å². The number of rotatable bonds is 8. The van der Waals surface area contributed by atoms with Crippen LogP contribution in [0.2, 0.25) is 0 Å². The zero-order chi connectivity index (χ0) is 24.2. The van der Waals surface area contributed by atoms with Gasteiger partial charge in [-0.2, -0.15) is 4.31 Å². The number of nitrogens with one attached hydrogen (secondary N) is 1. The van der Waals surface area contributed by atoms with E-state index in [1.807, 2.05) is 31.2 Å². The van der Waals surface area contributed by atoms with E-state index in [2.05, 4.69) is 19.2 Å². The molecule has 2 aromatic rings. The Labute approximate surface area is 196 Å². The van der Waals surface area contributed by atoms with Crippen molar-refractivity contribution >= 4 is 21.8 Å². The van der Waals surface area contributed by atoms with Crippen molar-refractivity contribution in [3.63, 3.8) is 0 Å². The van der Waals surface area contributed by atoms with Gasteiger partial charge < -0.3 is 10.2 Å². The molecule has 33 heavy (non-hydrogen) atoms. The minimum absolute atomic E-state index is 0.103. The van der Waals surface area contributed by atoms with Crippen LogP contribution in [0.15, 0.2) is 59.5 Å². The van der Waals surface area contributed by atoms with E-state index in [0.29, 0.717) is 19.0 Å². The Morgan fingerprint density at radius 2 is 1.73 bits per heavy atom. The largest absolute Gasteiger partial charge is 0.350 e. The van der Waals surface area contributed by atoms with Crippen molar-refractivity contribution in [1.29, 1.82) is 0 Å². The maximum Gasteiger partial charge on any atom is 0.247 e. The number of carbonyl (C=O) groups excluding carboxylic acids is 2. The maximum atomic E-state index is 13.4. The lowest BCUT2D eigenvalue weighted by atomic mass is 9.94. The molecular formula is C25H33N3O4S. The molecule has 0 bridgehead atoms. The standard InChI is InChI=1S/C25H33N3O4S/c1-19(2)14-15-28-23(29)17-27(33(31,32)22-8-6-5-7-9-22)18-25(28,4)24(30)26-16-21-12-10-20(3)11-13-21/h5-13,19H,14-18H2,1-4H3,(H,26,30). The summed E-state index contributed by atoms with van der Waals surface area (Å²) < 4.78 is 27.6. The molecule has 0 spiro atoms. The summed E-state index contributed by atoms with van der Waals surface area (Å²) in [7, 11) is -3.92. The molecule has 1 N–H and O–H groups in total. The van der Waals surface area contributed by atoms with Crippen LogP contribution in [0.4, 0.5) is 0 Å². The number of hydrogen-bond donors (Lipinski definition) is 1. The monoisotopic (exact) mass is 471 g/mol. The summed E-state index contributed by atoms with van der Waals surface area (Å²) >= 11 is 0. The average molecular weight is 472 g/mol. The Morgan fingerprint density at radius 1 is 1.09 bits per heavy atom. The first-order valence-corrected chi connectivity index (χ1v) is 12.7. The van der Waals surface area contributed by atoms with Gasteiger partial charge in [0.1, 0.15) is 5.54 Å². The molecule has 1 unspecified atom stereocenters. The number of amides is 2. The number of carbonyl (C=O) groups is 2. The fourth-order valence-electron chi connectivity index (χ4n) is 3.94. The van der Waals surface area contributed by atoms with Gasteiger partial charge in [-0.1, -0.05) is 61.9 Å². The van der Waals surface area contributed by atoms with E-state index in [1.165, 1.54) is 12.1 Å². The van der Waals surface area contributed by atoms with Gasteiger partial charge in [0.05, 0.1) is 11.4 Å². The lowest BCUT2D eigenvalue weighted by Crippen LogP contribution is -2.69. The molecule has 0 radical (unpaired) electrons. The summed E-state index contributed by atoms with van der Waals surface area (Å²) in [5.41, 5.74) is 0.732. The molecule has 1 saturated heterocycles. The van der Waals surface area contributed by atoms with Gasteiger partial charge in [0, 0.05) is 19.6 Å². The van der Waals surface area contributed by atoms with Gasteiger partial charge >= 0.3 is 0 Å². The van der Waals surface area contributed by atoms with Gasteiger partial charge in [-0.25, -0.2) is 8.42 Å². The zero-order valence-electron chi connectivity index (χ0n) is 19.7. The summed E-state index contributed by atoms with van der Waals surface area (Å²) in [5.74, 6) is -0.397. The molecule has 0 aromatic heterocycles. The molecule has 1 fully saturated rings. The third kappa shape index (κ3) is 5.62. The van der Waals surface area contributed by atoms with Crippen LogP contribution >= 0.6 is 0 Å². The van der Waals surface area contributed by atoms with E-state index in [-0.39, 0.29) is 29.8 Å². The van der Waals surface area contributed by atoms with Crippen LogP contribution in [-0.4, -0.2) is 54.6 Å². The lowest BCUT2D eigenvalue weighted by Gasteiger charge is -2.47. The zero-order valence-corrected chi connectivity index (χ0v) is 20.6. The van der Waals surface area contributed by atoms with Crippen molar-refractivity contribution < 1.29 is 18.0 Å². The Hall–Kier alpha value is -2.71. The number of aryl methyl sites for hydroxylation is 1. The van der Waals surface area contributed by atoms with Crippen molar-refractivity contribution in [1.82, 2.24) is 14.5 Å². The molecule has 3 rings (SSSR count). The van der Waals surface area contributed by atoms with Crippen LogP contribution in [0.3, 0.4) is 0 Å². The number of benzene rings is 2. The molecule has 0 aliphatic carbocycles. The SMILES string of the molecule is Cc1ccc(CNC(=O)C2(C)CN(S(=O)(=O)c3ccccc3)CC(=O)N2CCC(C)C)cc1. The topological polar surface area (TPSA) is 86.8 Å². The predicted octanol–water partition coefficient (Wildman–Crippen LogP) is 2.95. The number of piperazine rings is 1. The fourth-order valence-corrected chi connectivity index (χ4v) is 5.44. The fraction of sp³-hybridized carbons (Fsp3) is 0.440. The average Bonchev–Trinajstić information content (AvgIpc) is 2.78. The molecule has 8 heteroatoms. The van der Waals surface area contributed by atoms with Crippen molar-refractivity contribution in [2.45, 2.75) is 51.1 Å². The smallest absolute Gasteiger partial charge is 0.247 e. The first kappa shape index (κ1) is 24.9. The van der Waals surface area contributed by atoms with Crippen LogP contribution in [0.5, 0.6) is 0 Å². The normalized spacial score (nSPS) is 19.7. The van der Waals surface area contributed by atoms with E-state index in [0.717, 1.165) is 21.9 Å². The van der Waals surface area contributed by atoms with Crippen molar-refractivity contribution in [2.75, 3.05) is 19.6 Å².